The van der Waals surface area contributed by atoms with Crippen molar-refractivity contribution in [2.24, 2.45) is 0 Å². The highest BCUT2D eigenvalue weighted by Gasteiger charge is 2.24. The fraction of sp³-hybridized carbons (Fsp3) is 0.286. The van der Waals surface area contributed by atoms with Crippen LogP contribution in [0.1, 0.15) is 42.1 Å². The topological polar surface area (TPSA) is 100 Å². The van der Waals surface area contributed by atoms with Crippen molar-refractivity contribution in [1.82, 2.24) is 19.9 Å². The van der Waals surface area contributed by atoms with Crippen LogP contribution >= 0.6 is 0 Å². The number of ketones is 2. The Morgan fingerprint density at radius 3 is 2.64 bits per heavy atom. The average Bonchev–Trinajstić information content (AvgIpc) is 3.35. The monoisotopic (exact) mass is 483 g/mol. The Labute approximate surface area is 209 Å². The first-order valence-electron chi connectivity index (χ1n) is 12.3. The predicted octanol–water partition coefficient (Wildman–Crippen LogP) is 4.84. The third kappa shape index (κ3) is 5.28. The Morgan fingerprint density at radius 2 is 1.86 bits per heavy atom. The van der Waals surface area contributed by atoms with Gasteiger partial charge in [0.1, 0.15) is 35.1 Å². The number of benzene rings is 2. The number of H-pyrrole nitrogens is 1. The van der Waals surface area contributed by atoms with Crippen LogP contribution in [0, 0.1) is 0 Å². The summed E-state index contributed by atoms with van der Waals surface area (Å²) in [6.07, 6.45) is 5.70. The quantitative estimate of drug-likeness (QED) is 0.329. The highest BCUT2D eigenvalue weighted by atomic mass is 16.5. The molecule has 1 fully saturated rings. The van der Waals surface area contributed by atoms with E-state index in [4.69, 9.17) is 4.74 Å². The Hall–Kier alpha value is -4.04. The molecule has 1 aliphatic heterocycles. The van der Waals surface area contributed by atoms with E-state index in [-0.39, 0.29) is 17.6 Å². The summed E-state index contributed by atoms with van der Waals surface area (Å²) in [4.78, 5) is 39.5. The van der Waals surface area contributed by atoms with Crippen LogP contribution in [-0.2, 0) is 4.79 Å². The van der Waals surface area contributed by atoms with Gasteiger partial charge in [0, 0.05) is 30.8 Å². The summed E-state index contributed by atoms with van der Waals surface area (Å²) in [7, 11) is 0. The minimum atomic E-state index is -0.121. The number of aromatic amines is 1. The molecule has 0 amide bonds. The van der Waals surface area contributed by atoms with E-state index in [9.17, 15) is 9.59 Å². The average molecular weight is 484 g/mol. The summed E-state index contributed by atoms with van der Waals surface area (Å²) < 4.78 is 5.84. The third-order valence-corrected chi connectivity index (χ3v) is 6.45. The van der Waals surface area contributed by atoms with Crippen molar-refractivity contribution >= 4 is 28.4 Å². The van der Waals surface area contributed by atoms with E-state index >= 15 is 0 Å². The first kappa shape index (κ1) is 23.7. The summed E-state index contributed by atoms with van der Waals surface area (Å²) >= 11 is 0. The summed E-state index contributed by atoms with van der Waals surface area (Å²) in [5.74, 6) is 2.15. The fourth-order valence-corrected chi connectivity index (χ4v) is 4.58. The van der Waals surface area contributed by atoms with E-state index in [2.05, 4.69) is 25.2 Å². The number of carbonyl (C=O) groups is 2. The van der Waals surface area contributed by atoms with Crippen LogP contribution in [0.15, 0.2) is 67.1 Å². The molecule has 1 saturated heterocycles. The molecule has 3 heterocycles. The molecule has 4 aromatic rings. The van der Waals surface area contributed by atoms with Gasteiger partial charge in [0.2, 0.25) is 0 Å². The van der Waals surface area contributed by atoms with Gasteiger partial charge >= 0.3 is 0 Å². The lowest BCUT2D eigenvalue weighted by molar-refractivity contribution is -0.120. The maximum Gasteiger partial charge on any atom is 0.195 e. The van der Waals surface area contributed by atoms with Gasteiger partial charge < -0.3 is 15.0 Å². The maximum atomic E-state index is 13.5. The van der Waals surface area contributed by atoms with Gasteiger partial charge in [-0.25, -0.2) is 9.97 Å². The number of carbonyl (C=O) groups excluding carboxylic acids is 2. The molecule has 0 saturated carbocycles. The molecule has 2 N–H and O–H groups in total. The predicted molar refractivity (Wildman–Crippen MR) is 139 cm³/mol. The van der Waals surface area contributed by atoms with Crippen LogP contribution in [0.3, 0.4) is 0 Å². The van der Waals surface area contributed by atoms with Crippen molar-refractivity contribution in [1.29, 1.82) is 0 Å². The van der Waals surface area contributed by atoms with Crippen molar-refractivity contribution in [3.8, 4) is 11.5 Å². The van der Waals surface area contributed by atoms with E-state index in [1.165, 1.54) is 6.33 Å². The van der Waals surface area contributed by atoms with Gasteiger partial charge in [0.15, 0.2) is 5.78 Å². The van der Waals surface area contributed by atoms with Gasteiger partial charge in [0.05, 0.1) is 17.5 Å². The van der Waals surface area contributed by atoms with Crippen molar-refractivity contribution < 1.29 is 14.3 Å². The number of nitrogens with zero attached hydrogens (tertiary/aromatic N) is 3. The number of nitrogens with one attached hydrogen (secondary N) is 2. The van der Waals surface area contributed by atoms with Crippen LogP contribution in [0.5, 0.6) is 11.5 Å². The summed E-state index contributed by atoms with van der Waals surface area (Å²) in [6.45, 7) is 4.05. The number of fused-ring (bicyclic) bond motifs is 1. The van der Waals surface area contributed by atoms with Crippen molar-refractivity contribution in [2.75, 3.05) is 25.0 Å². The van der Waals surface area contributed by atoms with Gasteiger partial charge in [-0.3, -0.25) is 14.5 Å². The first-order valence-corrected chi connectivity index (χ1v) is 12.3. The van der Waals surface area contributed by atoms with Crippen molar-refractivity contribution in [3.05, 3.63) is 78.2 Å². The number of para-hydroxylation sites is 1. The molecular weight excluding hydrogens is 454 g/mol. The van der Waals surface area contributed by atoms with Gasteiger partial charge in [-0.15, -0.1) is 0 Å². The Bertz CT molecular complexity index is 1350. The molecule has 2 aromatic carbocycles. The highest BCUT2D eigenvalue weighted by Crippen LogP contribution is 2.28. The Balaban J connectivity index is 1.34. The normalized spacial score (nSPS) is 16.1. The number of rotatable bonds is 9. The smallest absolute Gasteiger partial charge is 0.195 e. The van der Waals surface area contributed by atoms with Crippen LogP contribution < -0.4 is 10.1 Å². The van der Waals surface area contributed by atoms with Gasteiger partial charge in [0.25, 0.3) is 0 Å². The van der Waals surface area contributed by atoms with Crippen LogP contribution in [0.25, 0.3) is 11.0 Å². The van der Waals surface area contributed by atoms with Gasteiger partial charge in [-0.05, 0) is 55.8 Å². The second-order valence-electron chi connectivity index (χ2n) is 9.03. The van der Waals surface area contributed by atoms with Gasteiger partial charge in [-0.1, -0.05) is 25.1 Å². The number of hydrogen-bond donors (Lipinski definition) is 2. The van der Waals surface area contributed by atoms with E-state index in [1.54, 1.807) is 30.5 Å². The van der Waals surface area contributed by atoms with E-state index in [0.717, 1.165) is 31.7 Å². The number of ether oxygens (including phenoxy) is 1. The van der Waals surface area contributed by atoms with Crippen LogP contribution in [0.4, 0.5) is 5.82 Å². The zero-order valence-corrected chi connectivity index (χ0v) is 20.2. The van der Waals surface area contributed by atoms with Crippen molar-refractivity contribution in [3.63, 3.8) is 0 Å². The second-order valence-corrected chi connectivity index (χ2v) is 9.03. The number of anilines is 1. The number of aromatic nitrogens is 3. The van der Waals surface area contributed by atoms with Crippen molar-refractivity contribution in [2.45, 2.75) is 32.2 Å². The Kier molecular flexibility index (Phi) is 7.04. The maximum absolute atomic E-state index is 13.5. The molecule has 8 nitrogen and oxygen atoms in total. The molecule has 1 aliphatic rings. The van der Waals surface area contributed by atoms with E-state index < -0.39 is 0 Å². The molecule has 36 heavy (non-hydrogen) atoms. The lowest BCUT2D eigenvalue weighted by Gasteiger charge is -2.33. The summed E-state index contributed by atoms with van der Waals surface area (Å²) in [5.41, 5.74) is 1.67. The SMILES string of the molecule is CCC(=O)CN1CCCC(Nc2ncnc3[nH]cc(C(=O)c4ccc(Oc5ccccc5)cc4)c23)C1. The molecule has 0 bridgehead atoms. The molecule has 1 unspecified atom stereocenters. The fourth-order valence-electron chi connectivity index (χ4n) is 4.58. The molecule has 0 radical (unpaired) electrons. The molecule has 1 atom stereocenters. The summed E-state index contributed by atoms with van der Waals surface area (Å²) in [6, 6.07) is 16.8. The number of Topliss-reactive ketones (excluding diaryl/α,β-unsaturated/α-hetero) is 1. The number of piperidine rings is 1. The number of likely N-dealkylation sites (tertiary alicyclic amines) is 1. The molecule has 0 aliphatic carbocycles. The zero-order valence-electron chi connectivity index (χ0n) is 20.2. The summed E-state index contributed by atoms with van der Waals surface area (Å²) in [5, 5.41) is 4.19. The molecule has 8 heteroatoms. The minimum Gasteiger partial charge on any atom is -0.457 e. The lowest BCUT2D eigenvalue weighted by atomic mass is 10.0. The lowest BCUT2D eigenvalue weighted by Crippen LogP contribution is -2.44. The standard InChI is InChI=1S/C28H29N5O3/c1-2-21(34)17-33-14-6-7-20(16-33)32-28-25-24(15-29-27(25)30-18-31-28)26(35)19-10-12-23(13-11-19)36-22-8-4-3-5-9-22/h3-5,8-13,15,18,20H,2,6-7,14,16-17H2,1H3,(H2,29,30,31,32). The third-order valence-electron chi connectivity index (χ3n) is 6.45. The first-order chi connectivity index (χ1) is 17.6. The second kappa shape index (κ2) is 10.7. The molecule has 0 spiro atoms. The van der Waals surface area contributed by atoms with E-state index in [0.29, 0.717) is 46.7 Å². The van der Waals surface area contributed by atoms with Gasteiger partial charge in [-0.2, -0.15) is 0 Å². The molecule has 5 rings (SSSR count). The largest absolute Gasteiger partial charge is 0.457 e. The minimum absolute atomic E-state index is 0.121. The molecule has 184 valence electrons. The molecular formula is C28H29N5O3. The highest BCUT2D eigenvalue weighted by molar-refractivity contribution is 6.18. The molecule has 2 aromatic heterocycles. The Morgan fingerprint density at radius 1 is 1.08 bits per heavy atom. The van der Waals surface area contributed by atoms with E-state index in [1.807, 2.05) is 37.3 Å². The van der Waals surface area contributed by atoms with Crippen LogP contribution in [-0.4, -0.2) is 57.1 Å². The zero-order chi connectivity index (χ0) is 24.9. The van der Waals surface area contributed by atoms with Crippen LogP contribution in [0.2, 0.25) is 0 Å². The number of hydrogen-bond acceptors (Lipinski definition) is 7.